The fourth-order valence-electron chi connectivity index (χ4n) is 5.92. The molecule has 220 valence electrons. The van der Waals surface area contributed by atoms with E-state index in [2.05, 4.69) is 10.6 Å². The summed E-state index contributed by atoms with van der Waals surface area (Å²) in [7, 11) is 0. The molecule has 10 heteroatoms. The number of ether oxygens (including phenoxy) is 2. The number of hydrogen-bond acceptors (Lipinski definition) is 6. The van der Waals surface area contributed by atoms with Gasteiger partial charge in [-0.15, -0.1) is 0 Å². The van der Waals surface area contributed by atoms with E-state index in [1.165, 1.54) is 23.1 Å². The second-order valence-electron chi connectivity index (χ2n) is 13.1. The van der Waals surface area contributed by atoms with Gasteiger partial charge in [-0.1, -0.05) is 13.8 Å². The Morgan fingerprint density at radius 1 is 1.10 bits per heavy atom. The standard InChI is InChI=1S/C31H39FN4O5/c1-16(2)31(7)15-24(37)36(28(33)35-31)21-14-29(3,4)40-22-10-8-17(12-19(21)22)27(39)34-25-20-13-18(32)9-11-23(20)41-30(5,6)26(25)38/h8-13,16,21,25-26,38H,14-15H2,1-7H3,(H2,33,35)(H,34,39)/t21-,25-,26+,31+/m1/s1. The number of guanidine groups is 1. The van der Waals surface area contributed by atoms with Crippen molar-refractivity contribution in [3.63, 3.8) is 0 Å². The van der Waals surface area contributed by atoms with Crippen molar-refractivity contribution in [1.82, 2.24) is 15.5 Å². The summed E-state index contributed by atoms with van der Waals surface area (Å²) in [5.41, 5.74) is -0.948. The summed E-state index contributed by atoms with van der Waals surface area (Å²) in [6.07, 6.45) is -0.505. The molecule has 0 spiro atoms. The third kappa shape index (κ3) is 5.14. The first-order chi connectivity index (χ1) is 19.0. The van der Waals surface area contributed by atoms with Crippen LogP contribution in [0.25, 0.3) is 0 Å². The van der Waals surface area contributed by atoms with Crippen LogP contribution in [0.5, 0.6) is 11.5 Å². The lowest BCUT2D eigenvalue weighted by atomic mass is 9.81. The van der Waals surface area contributed by atoms with E-state index in [-0.39, 0.29) is 29.8 Å². The van der Waals surface area contributed by atoms with Gasteiger partial charge in [0.05, 0.1) is 18.5 Å². The molecule has 0 aliphatic carbocycles. The van der Waals surface area contributed by atoms with E-state index in [1.54, 1.807) is 32.0 Å². The molecule has 4 N–H and O–H groups in total. The lowest BCUT2D eigenvalue weighted by Gasteiger charge is -2.48. The lowest BCUT2D eigenvalue weighted by molar-refractivity contribution is -0.134. The van der Waals surface area contributed by atoms with Crippen LogP contribution in [-0.2, 0) is 4.79 Å². The molecule has 0 saturated carbocycles. The highest BCUT2D eigenvalue weighted by atomic mass is 19.1. The number of hydrogen-bond donors (Lipinski definition) is 4. The molecule has 0 radical (unpaired) electrons. The van der Waals surface area contributed by atoms with E-state index in [0.29, 0.717) is 29.0 Å². The van der Waals surface area contributed by atoms with E-state index >= 15 is 0 Å². The van der Waals surface area contributed by atoms with Crippen LogP contribution in [0.15, 0.2) is 36.4 Å². The number of aliphatic hydroxyl groups is 1. The second-order valence-corrected chi connectivity index (χ2v) is 13.1. The number of halogens is 1. The Labute approximate surface area is 239 Å². The quantitative estimate of drug-likeness (QED) is 0.429. The van der Waals surface area contributed by atoms with Gasteiger partial charge in [-0.05, 0) is 76.9 Å². The summed E-state index contributed by atoms with van der Waals surface area (Å²) < 4.78 is 26.3. The molecular formula is C31H39FN4O5. The summed E-state index contributed by atoms with van der Waals surface area (Å²) in [6, 6.07) is 7.54. The van der Waals surface area contributed by atoms with E-state index in [1.807, 2.05) is 34.6 Å². The highest BCUT2D eigenvalue weighted by molar-refractivity contribution is 6.00. The number of nitrogens with one attached hydrogen (secondary N) is 3. The number of benzene rings is 2. The Morgan fingerprint density at radius 3 is 2.41 bits per heavy atom. The molecule has 2 aromatic rings. The third-order valence-corrected chi connectivity index (χ3v) is 8.71. The van der Waals surface area contributed by atoms with E-state index in [0.717, 1.165) is 0 Å². The minimum absolute atomic E-state index is 0.0205. The predicted octanol–water partition coefficient (Wildman–Crippen LogP) is 4.60. The highest BCUT2D eigenvalue weighted by Gasteiger charge is 2.47. The molecule has 3 aliphatic heterocycles. The van der Waals surface area contributed by atoms with Gasteiger partial charge in [0.25, 0.3) is 5.91 Å². The number of carbonyl (C=O) groups is 2. The first-order valence-corrected chi connectivity index (χ1v) is 14.0. The van der Waals surface area contributed by atoms with Crippen LogP contribution < -0.4 is 20.1 Å². The Bertz CT molecular complexity index is 1400. The molecule has 41 heavy (non-hydrogen) atoms. The van der Waals surface area contributed by atoms with Crippen molar-refractivity contribution in [1.29, 1.82) is 5.41 Å². The van der Waals surface area contributed by atoms with Gasteiger partial charge in [-0.2, -0.15) is 0 Å². The van der Waals surface area contributed by atoms with Crippen LogP contribution in [0.4, 0.5) is 4.39 Å². The summed E-state index contributed by atoms with van der Waals surface area (Å²) in [6.45, 7) is 13.2. The summed E-state index contributed by atoms with van der Waals surface area (Å²) in [4.78, 5) is 28.6. The molecule has 3 aliphatic rings. The summed E-state index contributed by atoms with van der Waals surface area (Å²) >= 11 is 0. The normalized spacial score (nSPS) is 28.1. The molecule has 9 nitrogen and oxygen atoms in total. The number of carbonyl (C=O) groups excluding carboxylic acids is 2. The number of amides is 2. The molecule has 0 bridgehead atoms. The lowest BCUT2D eigenvalue weighted by Crippen LogP contribution is -2.64. The molecule has 0 unspecified atom stereocenters. The van der Waals surface area contributed by atoms with E-state index in [9.17, 15) is 19.1 Å². The number of fused-ring (bicyclic) bond motifs is 2. The van der Waals surface area contributed by atoms with Crippen molar-refractivity contribution in [3.8, 4) is 11.5 Å². The van der Waals surface area contributed by atoms with Crippen LogP contribution in [0.3, 0.4) is 0 Å². The van der Waals surface area contributed by atoms with Gasteiger partial charge in [0.1, 0.15) is 34.6 Å². The number of nitrogens with zero attached hydrogens (tertiary/aromatic N) is 1. The van der Waals surface area contributed by atoms with E-state index in [4.69, 9.17) is 14.9 Å². The SMILES string of the molecule is CC(C)[C@]1(C)CC(=O)N([C@@H]2CC(C)(C)Oc3ccc(C(=O)N[C@@H]4c5cc(F)ccc5OC(C)(C)[C@H]4O)cc32)C(=N)N1. The fourth-order valence-corrected chi connectivity index (χ4v) is 5.92. The summed E-state index contributed by atoms with van der Waals surface area (Å²) in [5, 5.41) is 26.0. The van der Waals surface area contributed by atoms with Gasteiger partial charge < -0.3 is 25.2 Å². The third-order valence-electron chi connectivity index (χ3n) is 8.71. The zero-order valence-electron chi connectivity index (χ0n) is 24.6. The van der Waals surface area contributed by atoms with Gasteiger partial charge in [0, 0.05) is 28.7 Å². The Balaban J connectivity index is 1.48. The van der Waals surface area contributed by atoms with Crippen LogP contribution in [0.2, 0.25) is 0 Å². The van der Waals surface area contributed by atoms with Crippen molar-refractivity contribution in [3.05, 3.63) is 58.9 Å². The van der Waals surface area contributed by atoms with Gasteiger partial charge in [-0.25, -0.2) is 4.39 Å². The zero-order chi connectivity index (χ0) is 30.1. The van der Waals surface area contributed by atoms with Crippen molar-refractivity contribution in [2.24, 2.45) is 5.92 Å². The van der Waals surface area contributed by atoms with Crippen LogP contribution in [0, 0.1) is 17.1 Å². The number of aliphatic hydroxyl groups excluding tert-OH is 1. The smallest absolute Gasteiger partial charge is 0.251 e. The fraction of sp³-hybridized carbons (Fsp3) is 0.516. The van der Waals surface area contributed by atoms with Gasteiger partial charge in [0.2, 0.25) is 5.91 Å². The molecule has 1 fully saturated rings. The van der Waals surface area contributed by atoms with Crippen molar-refractivity contribution in [2.75, 3.05) is 0 Å². The molecule has 2 aromatic carbocycles. The molecule has 3 heterocycles. The predicted molar refractivity (Wildman–Crippen MR) is 151 cm³/mol. The maximum absolute atomic E-state index is 14.2. The first kappa shape index (κ1) is 28.9. The van der Waals surface area contributed by atoms with Crippen LogP contribution >= 0.6 is 0 Å². The molecule has 2 amide bonds. The average Bonchev–Trinajstić information content (AvgIpc) is 2.85. The second kappa shape index (κ2) is 9.72. The Hall–Kier alpha value is -3.66. The average molecular weight is 567 g/mol. The van der Waals surface area contributed by atoms with Crippen molar-refractivity contribution >= 4 is 17.8 Å². The molecule has 5 rings (SSSR count). The minimum atomic E-state index is -1.15. The molecule has 4 atom stereocenters. The Morgan fingerprint density at radius 2 is 1.76 bits per heavy atom. The number of rotatable bonds is 4. The highest BCUT2D eigenvalue weighted by Crippen LogP contribution is 2.45. The molecule has 0 aromatic heterocycles. The molecular weight excluding hydrogens is 527 g/mol. The topological polar surface area (TPSA) is 124 Å². The van der Waals surface area contributed by atoms with Crippen molar-refractivity contribution in [2.45, 2.75) is 96.2 Å². The maximum Gasteiger partial charge on any atom is 0.251 e. The van der Waals surface area contributed by atoms with Gasteiger partial charge in [-0.3, -0.25) is 19.9 Å². The molecule has 1 saturated heterocycles. The minimum Gasteiger partial charge on any atom is -0.487 e. The van der Waals surface area contributed by atoms with Gasteiger partial charge >= 0.3 is 0 Å². The maximum atomic E-state index is 14.2. The largest absolute Gasteiger partial charge is 0.487 e. The van der Waals surface area contributed by atoms with E-state index < -0.39 is 46.7 Å². The van der Waals surface area contributed by atoms with Crippen molar-refractivity contribution < 1.29 is 28.6 Å². The summed E-state index contributed by atoms with van der Waals surface area (Å²) in [5.74, 6) is -0.0976. The van der Waals surface area contributed by atoms with Crippen LogP contribution in [-0.4, -0.2) is 50.6 Å². The monoisotopic (exact) mass is 566 g/mol. The van der Waals surface area contributed by atoms with Crippen LogP contribution in [0.1, 0.15) is 94.9 Å². The Kier molecular flexibility index (Phi) is 6.84. The van der Waals surface area contributed by atoms with Gasteiger partial charge in [0.15, 0.2) is 5.96 Å². The zero-order valence-corrected chi connectivity index (χ0v) is 24.6. The first-order valence-electron chi connectivity index (χ1n) is 14.0.